The van der Waals surface area contributed by atoms with Crippen LogP contribution in [0.3, 0.4) is 0 Å². The molecule has 0 saturated heterocycles. The van der Waals surface area contributed by atoms with Gasteiger partial charge in [0.25, 0.3) is 0 Å². The number of fused-ring (bicyclic) bond motifs is 1. The fourth-order valence-electron chi connectivity index (χ4n) is 9.84. The first-order chi connectivity index (χ1) is 49.0. The van der Waals surface area contributed by atoms with Crippen LogP contribution >= 0.6 is 0 Å². The van der Waals surface area contributed by atoms with Crippen molar-refractivity contribution >= 4 is 45.6 Å². The van der Waals surface area contributed by atoms with Crippen molar-refractivity contribution in [3.8, 4) is 11.5 Å². The van der Waals surface area contributed by atoms with E-state index in [1.807, 2.05) is 167 Å². The fraction of sp³-hybridized carbons (Fsp3) is 0.337. The molecule has 0 radical (unpaired) electrons. The maximum atomic E-state index is 12.5. The Hall–Kier alpha value is -8.75. The summed E-state index contributed by atoms with van der Waals surface area (Å²) >= 11 is 0. The number of phenolic OH excluding ortho intramolecular Hbond substituents is 1. The van der Waals surface area contributed by atoms with Gasteiger partial charge in [-0.15, -0.1) is 0 Å². The molecule has 0 heterocycles. The fourth-order valence-corrected chi connectivity index (χ4v) is 9.84. The van der Waals surface area contributed by atoms with Gasteiger partial charge in [-0.05, 0) is 229 Å². The van der Waals surface area contributed by atoms with E-state index in [0.717, 1.165) is 49.9 Å². The second-order valence-corrected chi connectivity index (χ2v) is 24.8. The van der Waals surface area contributed by atoms with Gasteiger partial charge in [0.05, 0.1) is 7.11 Å². The van der Waals surface area contributed by atoms with Crippen molar-refractivity contribution in [3.63, 3.8) is 0 Å². The maximum Gasteiger partial charge on any atom is 0.248 e. The molecule has 3 aliphatic carbocycles. The van der Waals surface area contributed by atoms with Gasteiger partial charge >= 0.3 is 0 Å². The summed E-state index contributed by atoms with van der Waals surface area (Å²) in [4.78, 5) is 36.9. The topological polar surface area (TPSA) is 117 Å². The van der Waals surface area contributed by atoms with E-state index in [2.05, 4.69) is 16.0 Å². The molecule has 7 rings (SSSR count). The van der Waals surface area contributed by atoms with Crippen molar-refractivity contribution < 1.29 is 44.8 Å². The quantitative estimate of drug-likeness (QED) is 0.0424. The van der Waals surface area contributed by atoms with Crippen LogP contribution in [0.2, 0.25) is 0 Å². The highest BCUT2D eigenvalue weighted by Crippen LogP contribution is 2.43. The van der Waals surface area contributed by atoms with Crippen LogP contribution in [0, 0.1) is 16.2 Å². The van der Waals surface area contributed by atoms with Crippen LogP contribution in [0.5, 0.6) is 11.5 Å². The SMILES string of the molecule is [2H]C([2H])([2H])C1=C(C=CC(C)=CC=CC(C)=CC(=O)Nc2ccc(O)cc2)C(C)(C)CCC1([2H])[2H].[2H]C([2H])([2H])C1=C(C=CC(C)=CC=CC(C)=CC(=O)Nc2ccc(OC)cc2)C(C)(C)CCC1([2H])[2H].[2H]C([2H])([2H])C1=C(C=CC(C)=CC=CC(C)=CC(=O)Nc2cccc3ccccc23)C(C)(C)CCC1([2H])[2H]. The number of methoxy groups -OCH3 is 1. The molecule has 4 aromatic carbocycles. The van der Waals surface area contributed by atoms with Crippen LogP contribution in [0.1, 0.15) is 182 Å². The summed E-state index contributed by atoms with van der Waals surface area (Å²) in [7, 11) is 1.58. The Labute approximate surface area is 567 Å². The Kier molecular flexibility index (Phi) is 20.7. The second-order valence-electron chi connectivity index (χ2n) is 24.8. The summed E-state index contributed by atoms with van der Waals surface area (Å²) in [5.74, 6) is 0.102. The smallest absolute Gasteiger partial charge is 0.248 e. The van der Waals surface area contributed by atoms with E-state index in [4.69, 9.17) is 25.3 Å². The number of hydrogen-bond acceptors (Lipinski definition) is 5. The molecule has 0 spiro atoms. The van der Waals surface area contributed by atoms with Crippen molar-refractivity contribution in [1.82, 2.24) is 0 Å². The molecule has 0 saturated carbocycles. The van der Waals surface area contributed by atoms with Crippen LogP contribution in [0.25, 0.3) is 10.8 Å². The number of rotatable bonds is 19. The maximum absolute atomic E-state index is 12.5. The van der Waals surface area contributed by atoms with E-state index in [0.29, 0.717) is 53.1 Å². The van der Waals surface area contributed by atoms with Crippen LogP contribution < -0.4 is 20.7 Å². The van der Waals surface area contributed by atoms with Crippen molar-refractivity contribution in [3.05, 3.63) is 267 Å². The third kappa shape index (κ3) is 25.2. The zero-order valence-corrected chi connectivity index (χ0v) is 55.4. The van der Waals surface area contributed by atoms with Crippen LogP contribution in [0.15, 0.2) is 267 Å². The molecule has 0 aliphatic heterocycles. The molecule has 0 aromatic heterocycles. The third-order valence-corrected chi connectivity index (χ3v) is 15.5. The normalized spacial score (nSPS) is 22.2. The number of allylic oxidation sites excluding steroid dienone is 27. The summed E-state index contributed by atoms with van der Waals surface area (Å²) in [6, 6.07) is 26.9. The first kappa shape index (κ1) is 53.0. The average Bonchev–Trinajstić information content (AvgIpc) is 0.762. The Morgan fingerprint density at radius 1 is 0.473 bits per heavy atom. The van der Waals surface area contributed by atoms with Gasteiger partial charge in [-0.25, -0.2) is 0 Å². The molecule has 0 atom stereocenters. The predicted octanol–water partition coefficient (Wildman–Crippen LogP) is 22.3. The Balaban J connectivity index is 0.000000286. The lowest BCUT2D eigenvalue weighted by Gasteiger charge is -2.33. The number of nitrogens with one attached hydrogen (secondary N) is 3. The average molecular weight is 1240 g/mol. The number of benzene rings is 4. The van der Waals surface area contributed by atoms with E-state index >= 15 is 0 Å². The van der Waals surface area contributed by atoms with Gasteiger partial charge in [0.2, 0.25) is 17.7 Å². The lowest BCUT2D eigenvalue weighted by Crippen LogP contribution is -2.19. The number of hydrogen-bond donors (Lipinski definition) is 4. The van der Waals surface area contributed by atoms with Gasteiger partial charge in [-0.2, -0.15) is 0 Å². The lowest BCUT2D eigenvalue weighted by atomic mass is 9.72. The van der Waals surface area contributed by atoms with E-state index in [1.54, 1.807) is 93.0 Å². The number of amides is 3. The molecule has 4 aromatic rings. The largest absolute Gasteiger partial charge is 0.508 e. The number of phenols is 1. The summed E-state index contributed by atoms with van der Waals surface area (Å²) in [5.41, 5.74) is 6.92. The molecule has 0 unspecified atom stereocenters. The minimum atomic E-state index is -2.50. The monoisotopic (exact) mass is 1240 g/mol. The van der Waals surface area contributed by atoms with E-state index in [1.165, 1.54) is 30.4 Å². The van der Waals surface area contributed by atoms with Crippen molar-refractivity contribution in [1.29, 1.82) is 0 Å². The van der Waals surface area contributed by atoms with E-state index < -0.39 is 55.9 Å². The molecular formula is C83H103N3O5. The predicted molar refractivity (Wildman–Crippen MR) is 389 cm³/mol. The van der Waals surface area contributed by atoms with Crippen LogP contribution in [-0.2, 0) is 14.4 Å². The Bertz CT molecular complexity index is 4310. The van der Waals surface area contributed by atoms with Crippen LogP contribution in [0.4, 0.5) is 17.1 Å². The van der Waals surface area contributed by atoms with Gasteiger partial charge in [0.15, 0.2) is 0 Å². The lowest BCUT2D eigenvalue weighted by molar-refractivity contribution is -0.112. The van der Waals surface area contributed by atoms with Gasteiger partial charge in [0, 0.05) is 61.2 Å². The van der Waals surface area contributed by atoms with E-state index in [9.17, 15) is 19.5 Å². The molecule has 480 valence electrons. The number of aromatic hydroxyl groups is 1. The number of carbonyl (C=O) groups excluding carboxylic acids is 3. The number of carbonyl (C=O) groups is 3. The molecule has 91 heavy (non-hydrogen) atoms. The van der Waals surface area contributed by atoms with Gasteiger partial charge in [-0.3, -0.25) is 14.4 Å². The van der Waals surface area contributed by atoms with Gasteiger partial charge in [0.1, 0.15) is 11.5 Å². The van der Waals surface area contributed by atoms with Gasteiger partial charge < -0.3 is 25.8 Å². The molecule has 0 fully saturated rings. The first-order valence-electron chi connectivity index (χ1n) is 38.2. The highest BCUT2D eigenvalue weighted by Gasteiger charge is 2.28. The first-order valence-corrected chi connectivity index (χ1v) is 30.7. The third-order valence-electron chi connectivity index (χ3n) is 15.5. The molecule has 8 nitrogen and oxygen atoms in total. The zero-order chi connectivity index (χ0) is 79.6. The summed E-state index contributed by atoms with van der Waals surface area (Å²) < 4.78 is 126. The molecule has 4 N–H and O–H groups in total. The van der Waals surface area contributed by atoms with E-state index in [-0.39, 0.29) is 59.5 Å². The minimum absolute atomic E-state index is 0.0909. The molecule has 0 bridgehead atoms. The second kappa shape index (κ2) is 35.6. The molecular weight excluding hydrogens is 1120 g/mol. The number of anilines is 3. The van der Waals surface area contributed by atoms with Crippen LogP contribution in [-0.4, -0.2) is 29.9 Å². The van der Waals surface area contributed by atoms with Crippen molar-refractivity contribution in [2.75, 3.05) is 23.1 Å². The number of ether oxygens (including phenoxy) is 1. The Morgan fingerprint density at radius 2 is 0.835 bits per heavy atom. The van der Waals surface area contributed by atoms with Crippen molar-refractivity contribution in [2.24, 2.45) is 16.2 Å². The summed E-state index contributed by atoms with van der Waals surface area (Å²) in [6.07, 6.45) is 28.3. The summed E-state index contributed by atoms with van der Waals surface area (Å²) in [5, 5.41) is 19.8. The highest BCUT2D eigenvalue weighted by molar-refractivity contribution is 6.06. The highest BCUT2D eigenvalue weighted by atomic mass is 16.5. The zero-order valence-electron chi connectivity index (χ0n) is 70.4. The van der Waals surface area contributed by atoms with Crippen molar-refractivity contribution in [2.45, 2.75) is 161 Å². The standard InChI is InChI=1S/C30H35NO.C27H35NO2.C26H33NO2/c1-22(18-19-27-24(3)13-10-20-30(27,4)5)11-8-12-23(2)21-29(32)31-28-17-9-15-25-14-6-7-16-26(25)28;1-20(12-17-25-22(3)11-8-18-27(25,4)5)9-7-10-21(2)19-26(29)28-23-13-15-24(30-6)16-14-23;1-19(11-16-24-21(3)10-7-17-26(24,4)5)8-6-9-20(2)18-25(29)27-22-12-14-23(28)15-13-22/h6-9,11-12,14-19,21H,10,13,20H2,1-5H3,(H,31,32);7,9-10,12-17,19H,8,11,18H2,1-6H3,(H,28,29);6,8-9,11-16,18,28H,7,10,17H2,1-5H3,(H,27,29)/i3D3,13D2;3D3,11D2;3D3,10D2. The minimum Gasteiger partial charge on any atom is -0.508 e. The summed E-state index contributed by atoms with van der Waals surface area (Å²) in [6.45, 7) is 15.4. The molecule has 3 aliphatic rings. The Morgan fingerprint density at radius 3 is 1.22 bits per heavy atom. The molecule has 8 heteroatoms. The molecule has 3 amide bonds. The van der Waals surface area contributed by atoms with Gasteiger partial charge in [-0.1, -0.05) is 203 Å².